The van der Waals surface area contributed by atoms with Crippen LogP contribution in [-0.4, -0.2) is 86.9 Å². The summed E-state index contributed by atoms with van der Waals surface area (Å²) in [7, 11) is 9.42. The SMILES string of the molecule is C=C(/C=C(\C)CN(C=O)CCC(CC)c1ccc(C(=O)N(C)C)cc1)/C(=C\CN(C)C)c1ccc(NC)nc1.CC. The molecule has 224 valence electrons. The zero-order valence-corrected chi connectivity index (χ0v) is 26.7. The topological polar surface area (TPSA) is 68.8 Å². The Hall–Kier alpha value is -3.71. The second-order valence-electron chi connectivity index (χ2n) is 10.4. The fourth-order valence-corrected chi connectivity index (χ4v) is 4.40. The van der Waals surface area contributed by atoms with Crippen LogP contribution in [-0.2, 0) is 4.79 Å². The Morgan fingerprint density at radius 1 is 1.05 bits per heavy atom. The highest BCUT2D eigenvalue weighted by Gasteiger charge is 2.14. The lowest BCUT2D eigenvalue weighted by molar-refractivity contribution is -0.117. The summed E-state index contributed by atoms with van der Waals surface area (Å²) < 4.78 is 0. The number of rotatable bonds is 15. The van der Waals surface area contributed by atoms with Crippen LogP contribution in [0, 0.1) is 0 Å². The third-order valence-corrected chi connectivity index (χ3v) is 6.65. The molecule has 1 atom stereocenters. The smallest absolute Gasteiger partial charge is 0.253 e. The van der Waals surface area contributed by atoms with Crippen molar-refractivity contribution in [2.75, 3.05) is 60.2 Å². The molecular formula is C34H51N5O2. The Kier molecular flexibility index (Phi) is 16.0. The van der Waals surface area contributed by atoms with Crippen LogP contribution in [0.3, 0.4) is 0 Å². The highest BCUT2D eigenvalue weighted by molar-refractivity contribution is 5.93. The lowest BCUT2D eigenvalue weighted by atomic mass is 9.92. The van der Waals surface area contributed by atoms with Crippen LogP contribution in [0.15, 0.2) is 72.5 Å². The van der Waals surface area contributed by atoms with E-state index in [4.69, 9.17) is 0 Å². The van der Waals surface area contributed by atoms with Crippen molar-refractivity contribution < 1.29 is 9.59 Å². The molecule has 7 nitrogen and oxygen atoms in total. The predicted molar refractivity (Wildman–Crippen MR) is 174 cm³/mol. The molecule has 41 heavy (non-hydrogen) atoms. The molecule has 1 aromatic heterocycles. The fraction of sp³-hybridized carbons (Fsp3) is 0.441. The maximum absolute atomic E-state index is 12.2. The first-order valence-electron chi connectivity index (χ1n) is 14.5. The van der Waals surface area contributed by atoms with E-state index in [2.05, 4.69) is 40.9 Å². The van der Waals surface area contributed by atoms with Crippen molar-refractivity contribution in [3.05, 3.63) is 89.2 Å². The number of anilines is 1. The van der Waals surface area contributed by atoms with Crippen molar-refractivity contribution in [3.63, 3.8) is 0 Å². The molecular weight excluding hydrogens is 510 g/mol. The van der Waals surface area contributed by atoms with Gasteiger partial charge in [0.15, 0.2) is 0 Å². The summed E-state index contributed by atoms with van der Waals surface area (Å²) in [6, 6.07) is 11.8. The minimum Gasteiger partial charge on any atom is -0.373 e. The summed E-state index contributed by atoms with van der Waals surface area (Å²) >= 11 is 0. The molecule has 2 rings (SSSR count). The molecule has 0 saturated carbocycles. The molecule has 7 heteroatoms. The zero-order chi connectivity index (χ0) is 30.9. The number of benzene rings is 1. The molecule has 2 aromatic rings. The van der Waals surface area contributed by atoms with Crippen molar-refractivity contribution >= 4 is 23.7 Å². The maximum atomic E-state index is 12.2. The van der Waals surface area contributed by atoms with Crippen molar-refractivity contribution in [2.45, 2.75) is 46.5 Å². The number of nitrogens with one attached hydrogen (secondary N) is 1. The Morgan fingerprint density at radius 3 is 2.17 bits per heavy atom. The number of carbonyl (C=O) groups is 2. The van der Waals surface area contributed by atoms with Gasteiger partial charge < -0.3 is 20.0 Å². The number of nitrogens with zero attached hydrogens (tertiary/aromatic N) is 4. The van der Waals surface area contributed by atoms with E-state index in [0.717, 1.165) is 53.9 Å². The van der Waals surface area contributed by atoms with Crippen LogP contribution >= 0.6 is 0 Å². The second-order valence-corrected chi connectivity index (χ2v) is 10.4. The maximum Gasteiger partial charge on any atom is 0.253 e. The Bertz CT molecular complexity index is 1150. The van der Waals surface area contributed by atoms with Gasteiger partial charge in [0.25, 0.3) is 5.91 Å². The number of amides is 2. The summed E-state index contributed by atoms with van der Waals surface area (Å²) in [6.45, 7) is 14.5. The van der Waals surface area contributed by atoms with Gasteiger partial charge in [0.05, 0.1) is 0 Å². The summed E-state index contributed by atoms with van der Waals surface area (Å²) in [5.74, 6) is 1.12. The molecule has 0 fully saturated rings. The summed E-state index contributed by atoms with van der Waals surface area (Å²) in [6.07, 6.45) is 8.80. The molecule has 0 radical (unpaired) electrons. The average Bonchev–Trinajstić information content (AvgIpc) is 2.97. The van der Waals surface area contributed by atoms with Gasteiger partial charge in [0, 0.05) is 58.1 Å². The third-order valence-electron chi connectivity index (χ3n) is 6.65. The summed E-state index contributed by atoms with van der Waals surface area (Å²) in [4.78, 5) is 34.1. The fourth-order valence-electron chi connectivity index (χ4n) is 4.40. The largest absolute Gasteiger partial charge is 0.373 e. The number of hydrogen-bond donors (Lipinski definition) is 1. The number of hydrogen-bond acceptors (Lipinski definition) is 5. The van der Waals surface area contributed by atoms with Gasteiger partial charge in [-0.3, -0.25) is 9.59 Å². The number of allylic oxidation sites excluding steroid dienone is 3. The van der Waals surface area contributed by atoms with Gasteiger partial charge in [-0.2, -0.15) is 0 Å². The first kappa shape index (κ1) is 35.3. The van der Waals surface area contributed by atoms with Crippen molar-refractivity contribution in [1.82, 2.24) is 19.7 Å². The number of likely N-dealkylation sites (N-methyl/N-ethyl adjacent to an activating group) is 1. The van der Waals surface area contributed by atoms with Crippen LogP contribution < -0.4 is 5.32 Å². The van der Waals surface area contributed by atoms with E-state index in [0.29, 0.717) is 24.6 Å². The average molecular weight is 562 g/mol. The highest BCUT2D eigenvalue weighted by atomic mass is 16.2. The molecule has 0 aliphatic carbocycles. The molecule has 1 unspecified atom stereocenters. The lowest BCUT2D eigenvalue weighted by Crippen LogP contribution is -2.26. The Balaban J connectivity index is 0.00000411. The monoisotopic (exact) mass is 561 g/mol. The third kappa shape index (κ3) is 11.7. The van der Waals surface area contributed by atoms with E-state index >= 15 is 0 Å². The van der Waals surface area contributed by atoms with E-state index in [1.165, 1.54) is 5.56 Å². The number of aromatic nitrogens is 1. The molecule has 0 saturated heterocycles. The predicted octanol–water partition coefficient (Wildman–Crippen LogP) is 6.34. The molecule has 0 bridgehead atoms. The van der Waals surface area contributed by atoms with Gasteiger partial charge in [-0.05, 0) is 80.8 Å². The summed E-state index contributed by atoms with van der Waals surface area (Å²) in [5.41, 5.74) is 5.84. The first-order valence-corrected chi connectivity index (χ1v) is 14.5. The van der Waals surface area contributed by atoms with Crippen LogP contribution in [0.5, 0.6) is 0 Å². The number of pyridine rings is 1. The van der Waals surface area contributed by atoms with E-state index in [1.54, 1.807) is 19.0 Å². The second kappa shape index (κ2) is 18.6. The normalized spacial score (nSPS) is 12.2. The van der Waals surface area contributed by atoms with Gasteiger partial charge in [-0.15, -0.1) is 0 Å². The molecule has 0 aliphatic rings. The van der Waals surface area contributed by atoms with Crippen molar-refractivity contribution in [2.24, 2.45) is 0 Å². The minimum atomic E-state index is -0.00320. The van der Waals surface area contributed by atoms with E-state index < -0.39 is 0 Å². The van der Waals surface area contributed by atoms with Crippen molar-refractivity contribution in [1.29, 1.82) is 0 Å². The molecule has 1 heterocycles. The standard InChI is InChI=1S/C32H45N5O2.C2H6/c1-9-26(27-10-12-28(13-11-27)32(39)36(7)8)16-19-37(23-38)22-24(2)20-25(3)30(17-18-35(5)6)29-14-15-31(33-4)34-21-29;1-2/h10-15,17,20-21,23,26H,3,9,16,18-19,22H2,1-2,4-8H3,(H,33,34);1-2H3/b24-20+,30-17+;. The van der Waals surface area contributed by atoms with Gasteiger partial charge in [0.2, 0.25) is 6.41 Å². The van der Waals surface area contributed by atoms with Crippen LogP contribution in [0.1, 0.15) is 67.9 Å². The Morgan fingerprint density at radius 2 is 1.68 bits per heavy atom. The van der Waals surface area contributed by atoms with Gasteiger partial charge in [-0.1, -0.05) is 57.2 Å². The van der Waals surface area contributed by atoms with Gasteiger partial charge >= 0.3 is 0 Å². The molecule has 1 N–H and O–H groups in total. The van der Waals surface area contributed by atoms with Crippen molar-refractivity contribution in [3.8, 4) is 0 Å². The van der Waals surface area contributed by atoms with Crippen LogP contribution in [0.25, 0.3) is 5.57 Å². The van der Waals surface area contributed by atoms with Gasteiger partial charge in [0.1, 0.15) is 5.82 Å². The van der Waals surface area contributed by atoms with E-state index in [1.807, 2.05) is 89.4 Å². The lowest BCUT2D eigenvalue weighted by Gasteiger charge is -2.22. The quantitative estimate of drug-likeness (QED) is 0.203. The summed E-state index contributed by atoms with van der Waals surface area (Å²) in [5, 5.41) is 3.05. The van der Waals surface area contributed by atoms with Crippen LogP contribution in [0.2, 0.25) is 0 Å². The molecule has 0 aliphatic heterocycles. The molecule has 1 aromatic carbocycles. The number of carbonyl (C=O) groups excluding carboxylic acids is 2. The Labute approximate surface area is 248 Å². The highest BCUT2D eigenvalue weighted by Crippen LogP contribution is 2.26. The van der Waals surface area contributed by atoms with Crippen LogP contribution in [0.4, 0.5) is 5.82 Å². The molecule has 2 amide bonds. The first-order chi connectivity index (χ1) is 19.6. The molecule has 0 spiro atoms. The van der Waals surface area contributed by atoms with E-state index in [-0.39, 0.29) is 5.91 Å². The van der Waals surface area contributed by atoms with E-state index in [9.17, 15) is 9.59 Å². The van der Waals surface area contributed by atoms with Gasteiger partial charge in [-0.25, -0.2) is 4.98 Å². The minimum absolute atomic E-state index is 0.00320. The zero-order valence-electron chi connectivity index (χ0n) is 26.7.